The van der Waals surface area contributed by atoms with Crippen LogP contribution in [0.4, 0.5) is 0 Å². The van der Waals surface area contributed by atoms with Crippen molar-refractivity contribution in [3.05, 3.63) is 63.8 Å². The van der Waals surface area contributed by atoms with Gasteiger partial charge in [-0.3, -0.25) is 0 Å². The number of esters is 1. The summed E-state index contributed by atoms with van der Waals surface area (Å²) in [6, 6.07) is 16.6. The molecule has 0 saturated carbocycles. The van der Waals surface area contributed by atoms with Crippen molar-refractivity contribution < 1.29 is 9.53 Å². The van der Waals surface area contributed by atoms with Gasteiger partial charge in [-0.25, -0.2) is 4.79 Å². The molecule has 3 nitrogen and oxygen atoms in total. The second-order valence-corrected chi connectivity index (χ2v) is 7.87. The molecule has 2 aromatic carbocycles. The van der Waals surface area contributed by atoms with Crippen molar-refractivity contribution in [2.75, 3.05) is 12.9 Å². The molecule has 0 unspecified atom stereocenters. The fourth-order valence-electron chi connectivity index (χ4n) is 3.24. The van der Waals surface area contributed by atoms with Gasteiger partial charge in [0.25, 0.3) is 0 Å². The van der Waals surface area contributed by atoms with E-state index in [0.29, 0.717) is 17.0 Å². The third-order valence-corrected chi connectivity index (χ3v) is 6.24. The van der Waals surface area contributed by atoms with Crippen LogP contribution < -0.4 is 0 Å². The van der Waals surface area contributed by atoms with Crippen LogP contribution in [-0.2, 0) is 11.2 Å². The summed E-state index contributed by atoms with van der Waals surface area (Å²) in [5.41, 5.74) is 5.33. The molecule has 0 saturated heterocycles. The fraction of sp³-hybridized carbons (Fsp3) is 0.217. The summed E-state index contributed by atoms with van der Waals surface area (Å²) >= 11 is 3.04. The lowest BCUT2D eigenvalue weighted by Crippen LogP contribution is -2.04. The Morgan fingerprint density at radius 2 is 1.93 bits per heavy atom. The van der Waals surface area contributed by atoms with Crippen LogP contribution in [0.2, 0.25) is 0 Å². The monoisotopic (exact) mass is 407 g/mol. The molecule has 28 heavy (non-hydrogen) atoms. The largest absolute Gasteiger partial charge is 0.462 e. The highest BCUT2D eigenvalue weighted by atomic mass is 32.2. The van der Waals surface area contributed by atoms with Crippen LogP contribution in [0.15, 0.2) is 52.7 Å². The standard InChI is InChI=1S/C23H21NO2S2/c1-4-15-12-16(17-8-6-7-9-21(17)27-3)13-19(20(15)14-24)18-10-11-28-22(18)23(25)26-5-2/h6-13H,4-5H2,1-3H3. The molecule has 0 aliphatic rings. The van der Waals surface area contributed by atoms with Gasteiger partial charge < -0.3 is 4.74 Å². The number of carbonyl (C=O) groups excluding carboxylic acids is 1. The van der Waals surface area contributed by atoms with Crippen LogP contribution in [0.3, 0.4) is 0 Å². The number of nitrogens with zero attached hydrogens (tertiary/aromatic N) is 1. The molecule has 0 fully saturated rings. The van der Waals surface area contributed by atoms with Gasteiger partial charge >= 0.3 is 5.97 Å². The van der Waals surface area contributed by atoms with E-state index in [1.54, 1.807) is 18.7 Å². The predicted molar refractivity (Wildman–Crippen MR) is 117 cm³/mol. The third kappa shape index (κ3) is 3.84. The lowest BCUT2D eigenvalue weighted by atomic mass is 9.90. The number of thiophene rings is 1. The van der Waals surface area contributed by atoms with E-state index in [9.17, 15) is 10.1 Å². The summed E-state index contributed by atoms with van der Waals surface area (Å²) in [7, 11) is 0. The van der Waals surface area contributed by atoms with Gasteiger partial charge in [0.1, 0.15) is 10.9 Å². The Labute approximate surface area is 174 Å². The second-order valence-electron chi connectivity index (χ2n) is 6.11. The summed E-state index contributed by atoms with van der Waals surface area (Å²) in [6.07, 6.45) is 2.80. The number of hydrogen-bond donors (Lipinski definition) is 0. The maximum Gasteiger partial charge on any atom is 0.348 e. The zero-order valence-electron chi connectivity index (χ0n) is 16.1. The predicted octanol–water partition coefficient (Wildman–Crippen LogP) is 6.41. The zero-order valence-corrected chi connectivity index (χ0v) is 17.7. The van der Waals surface area contributed by atoms with Gasteiger partial charge in [-0.15, -0.1) is 23.1 Å². The quantitative estimate of drug-likeness (QED) is 0.350. The van der Waals surface area contributed by atoms with E-state index in [2.05, 4.69) is 30.5 Å². The van der Waals surface area contributed by atoms with Gasteiger partial charge in [-0.1, -0.05) is 25.1 Å². The van der Waals surface area contributed by atoms with Crippen LogP contribution >= 0.6 is 23.1 Å². The minimum atomic E-state index is -0.343. The summed E-state index contributed by atoms with van der Waals surface area (Å²) in [4.78, 5) is 14.1. The first-order chi connectivity index (χ1) is 13.6. The topological polar surface area (TPSA) is 50.1 Å². The molecule has 3 rings (SSSR count). The van der Waals surface area contributed by atoms with Crippen molar-refractivity contribution in [3.63, 3.8) is 0 Å². The Bertz CT molecular complexity index is 1050. The molecule has 1 aromatic heterocycles. The van der Waals surface area contributed by atoms with Gasteiger partial charge in [-0.2, -0.15) is 5.26 Å². The maximum absolute atomic E-state index is 12.4. The molecule has 0 spiro atoms. The van der Waals surface area contributed by atoms with Crippen molar-refractivity contribution >= 4 is 29.1 Å². The minimum Gasteiger partial charge on any atom is -0.462 e. The number of aryl methyl sites for hydroxylation is 1. The summed E-state index contributed by atoms with van der Waals surface area (Å²) in [5, 5.41) is 11.7. The smallest absolute Gasteiger partial charge is 0.348 e. The van der Waals surface area contributed by atoms with Crippen molar-refractivity contribution in [3.8, 4) is 28.3 Å². The van der Waals surface area contributed by atoms with Crippen molar-refractivity contribution in [2.24, 2.45) is 0 Å². The van der Waals surface area contributed by atoms with Gasteiger partial charge in [0, 0.05) is 16.0 Å². The first-order valence-corrected chi connectivity index (χ1v) is 11.2. The summed E-state index contributed by atoms with van der Waals surface area (Å²) < 4.78 is 5.22. The van der Waals surface area contributed by atoms with E-state index >= 15 is 0 Å². The van der Waals surface area contributed by atoms with E-state index in [-0.39, 0.29) is 5.97 Å². The van der Waals surface area contributed by atoms with Crippen LogP contribution in [-0.4, -0.2) is 18.8 Å². The Morgan fingerprint density at radius 3 is 2.61 bits per heavy atom. The summed E-state index contributed by atoms with van der Waals surface area (Å²) in [5.74, 6) is -0.343. The van der Waals surface area contributed by atoms with Crippen molar-refractivity contribution in [1.82, 2.24) is 0 Å². The average Bonchev–Trinajstić information content (AvgIpc) is 3.22. The van der Waals surface area contributed by atoms with E-state index in [1.807, 2.05) is 36.6 Å². The molecule has 0 N–H and O–H groups in total. The first kappa shape index (κ1) is 20.2. The fourth-order valence-corrected chi connectivity index (χ4v) is 4.66. The number of rotatable bonds is 6. The molecule has 0 radical (unpaired) electrons. The average molecular weight is 408 g/mol. The third-order valence-electron chi connectivity index (χ3n) is 4.55. The van der Waals surface area contributed by atoms with Crippen LogP contribution in [0.5, 0.6) is 0 Å². The lowest BCUT2D eigenvalue weighted by Gasteiger charge is -2.15. The van der Waals surface area contributed by atoms with E-state index in [0.717, 1.165) is 34.2 Å². The van der Waals surface area contributed by atoms with Crippen molar-refractivity contribution in [2.45, 2.75) is 25.2 Å². The summed E-state index contributed by atoms with van der Waals surface area (Å²) in [6.45, 7) is 4.16. The molecular weight excluding hydrogens is 386 g/mol. The molecule has 1 heterocycles. The number of hydrogen-bond acceptors (Lipinski definition) is 5. The number of benzene rings is 2. The van der Waals surface area contributed by atoms with Crippen LogP contribution in [0.1, 0.15) is 34.6 Å². The Balaban J connectivity index is 2.26. The number of ether oxygens (including phenoxy) is 1. The SMILES string of the molecule is CCOC(=O)c1sccc1-c1cc(-c2ccccc2SC)cc(CC)c1C#N. The van der Waals surface area contributed by atoms with Gasteiger partial charge in [-0.05, 0) is 65.9 Å². The maximum atomic E-state index is 12.4. The number of carbonyl (C=O) groups is 1. The van der Waals surface area contributed by atoms with Gasteiger partial charge in [0.05, 0.1) is 12.2 Å². The molecule has 0 atom stereocenters. The Kier molecular flexibility index (Phi) is 6.56. The Hall–Kier alpha value is -2.55. The van der Waals surface area contributed by atoms with Crippen molar-refractivity contribution in [1.29, 1.82) is 5.26 Å². The molecule has 142 valence electrons. The lowest BCUT2D eigenvalue weighted by molar-refractivity contribution is 0.0533. The highest BCUT2D eigenvalue weighted by Gasteiger charge is 2.21. The van der Waals surface area contributed by atoms with Crippen LogP contribution in [0, 0.1) is 11.3 Å². The van der Waals surface area contributed by atoms with Gasteiger partial charge in [0.2, 0.25) is 0 Å². The molecule has 0 amide bonds. The van der Waals surface area contributed by atoms with E-state index in [4.69, 9.17) is 4.74 Å². The highest BCUT2D eigenvalue weighted by molar-refractivity contribution is 7.98. The van der Waals surface area contributed by atoms with Gasteiger partial charge in [0.15, 0.2) is 0 Å². The molecular formula is C23H21NO2S2. The molecule has 5 heteroatoms. The minimum absolute atomic E-state index is 0.322. The highest BCUT2D eigenvalue weighted by Crippen LogP contribution is 2.38. The zero-order chi connectivity index (χ0) is 20.1. The number of nitriles is 1. The first-order valence-electron chi connectivity index (χ1n) is 9.09. The van der Waals surface area contributed by atoms with E-state index in [1.165, 1.54) is 16.2 Å². The molecule has 3 aromatic rings. The van der Waals surface area contributed by atoms with E-state index < -0.39 is 0 Å². The second kappa shape index (κ2) is 9.09. The Morgan fingerprint density at radius 1 is 1.14 bits per heavy atom. The normalized spacial score (nSPS) is 10.5. The van der Waals surface area contributed by atoms with Crippen LogP contribution in [0.25, 0.3) is 22.3 Å². The number of thioether (sulfide) groups is 1. The molecule has 0 bridgehead atoms. The molecule has 0 aliphatic carbocycles. The molecule has 0 aliphatic heterocycles.